The van der Waals surface area contributed by atoms with Crippen LogP contribution >= 0.6 is 0 Å². The van der Waals surface area contributed by atoms with Gasteiger partial charge < -0.3 is 4.90 Å². The Morgan fingerprint density at radius 1 is 0.800 bits per heavy atom. The minimum Gasteiger partial charge on any atom is -0.341 e. The van der Waals surface area contributed by atoms with Gasteiger partial charge in [0.25, 0.3) is 0 Å². The molecule has 3 rings (SSSR count). The number of hydrogen-bond acceptors (Lipinski definition) is 3. The van der Waals surface area contributed by atoms with Crippen LogP contribution in [0.4, 0.5) is 5.95 Å². The summed E-state index contributed by atoms with van der Waals surface area (Å²) in [5.41, 5.74) is 1.86. The molecule has 2 aromatic rings. The van der Waals surface area contributed by atoms with Gasteiger partial charge in [0.05, 0.1) is 5.56 Å². The zero-order valence-corrected chi connectivity index (χ0v) is 11.4. The molecule has 0 aliphatic carbocycles. The van der Waals surface area contributed by atoms with Crippen molar-refractivity contribution in [2.24, 2.45) is 0 Å². The number of hydrogen-bond donors (Lipinski definition) is 0. The monoisotopic (exact) mass is 263 g/mol. The second-order valence-corrected chi connectivity index (χ2v) is 4.94. The van der Waals surface area contributed by atoms with Gasteiger partial charge >= 0.3 is 0 Å². The molecule has 0 atom stereocenters. The summed E-state index contributed by atoms with van der Waals surface area (Å²) in [5.74, 6) is 7.04. The molecule has 0 amide bonds. The van der Waals surface area contributed by atoms with Crippen molar-refractivity contribution in [3.63, 3.8) is 0 Å². The van der Waals surface area contributed by atoms with E-state index in [1.807, 2.05) is 42.7 Å². The first-order chi connectivity index (χ1) is 9.92. The van der Waals surface area contributed by atoms with E-state index in [0.29, 0.717) is 0 Å². The third kappa shape index (κ3) is 3.16. The van der Waals surface area contributed by atoms with Crippen molar-refractivity contribution in [2.45, 2.75) is 19.3 Å². The van der Waals surface area contributed by atoms with E-state index in [2.05, 4.69) is 26.7 Å². The number of rotatable bonds is 1. The smallest absolute Gasteiger partial charge is 0.225 e. The fourth-order valence-corrected chi connectivity index (χ4v) is 2.31. The summed E-state index contributed by atoms with van der Waals surface area (Å²) in [6.07, 6.45) is 7.41. The van der Waals surface area contributed by atoms with Crippen molar-refractivity contribution in [2.75, 3.05) is 18.0 Å². The molecule has 1 aromatic carbocycles. The van der Waals surface area contributed by atoms with E-state index in [4.69, 9.17) is 0 Å². The van der Waals surface area contributed by atoms with Crippen LogP contribution in [-0.4, -0.2) is 23.1 Å². The summed E-state index contributed by atoms with van der Waals surface area (Å²) < 4.78 is 0. The van der Waals surface area contributed by atoms with Crippen LogP contribution in [0.1, 0.15) is 30.4 Å². The molecule has 1 saturated heterocycles. The average Bonchev–Trinajstić information content (AvgIpc) is 2.55. The lowest BCUT2D eigenvalue weighted by atomic mass is 10.1. The number of nitrogens with zero attached hydrogens (tertiary/aromatic N) is 3. The summed E-state index contributed by atoms with van der Waals surface area (Å²) in [6.45, 7) is 2.13. The highest BCUT2D eigenvalue weighted by molar-refractivity contribution is 5.42. The van der Waals surface area contributed by atoms with E-state index in [-0.39, 0.29) is 0 Å². The van der Waals surface area contributed by atoms with Gasteiger partial charge in [0.15, 0.2) is 0 Å². The van der Waals surface area contributed by atoms with Gasteiger partial charge in [-0.2, -0.15) is 0 Å². The summed E-state index contributed by atoms with van der Waals surface area (Å²) in [6, 6.07) is 9.95. The molecule has 2 heterocycles. The van der Waals surface area contributed by atoms with Crippen molar-refractivity contribution in [1.82, 2.24) is 9.97 Å². The minimum atomic E-state index is 0.829. The van der Waals surface area contributed by atoms with Crippen LogP contribution in [0.25, 0.3) is 0 Å². The van der Waals surface area contributed by atoms with Gasteiger partial charge in [-0.15, -0.1) is 0 Å². The van der Waals surface area contributed by atoms with Crippen molar-refractivity contribution in [3.8, 4) is 11.8 Å². The summed E-state index contributed by atoms with van der Waals surface area (Å²) in [7, 11) is 0. The average molecular weight is 263 g/mol. The Morgan fingerprint density at radius 3 is 2.15 bits per heavy atom. The van der Waals surface area contributed by atoms with Gasteiger partial charge in [0.2, 0.25) is 5.95 Å². The van der Waals surface area contributed by atoms with Gasteiger partial charge in [-0.1, -0.05) is 30.0 Å². The number of aromatic nitrogens is 2. The number of piperidine rings is 1. The first-order valence-corrected chi connectivity index (χ1v) is 7.06. The maximum Gasteiger partial charge on any atom is 0.225 e. The van der Waals surface area contributed by atoms with Gasteiger partial charge in [0, 0.05) is 31.0 Å². The zero-order valence-electron chi connectivity index (χ0n) is 11.4. The molecular formula is C17H17N3. The second kappa shape index (κ2) is 6.21. The SMILES string of the molecule is C(#Cc1cnc(N2CCCCC2)nc1)c1ccccc1. The molecule has 0 bridgehead atoms. The van der Waals surface area contributed by atoms with E-state index in [0.717, 1.165) is 30.2 Å². The highest BCUT2D eigenvalue weighted by atomic mass is 15.2. The molecule has 3 nitrogen and oxygen atoms in total. The molecule has 0 saturated carbocycles. The van der Waals surface area contributed by atoms with Crippen molar-refractivity contribution in [3.05, 3.63) is 53.9 Å². The first kappa shape index (κ1) is 12.7. The normalized spacial score (nSPS) is 14.5. The number of anilines is 1. The quantitative estimate of drug-likeness (QED) is 0.741. The predicted molar refractivity (Wildman–Crippen MR) is 80.5 cm³/mol. The molecule has 100 valence electrons. The molecule has 1 aromatic heterocycles. The van der Waals surface area contributed by atoms with E-state index in [1.54, 1.807) is 0 Å². The molecule has 20 heavy (non-hydrogen) atoms. The number of benzene rings is 1. The van der Waals surface area contributed by atoms with Gasteiger partial charge in [-0.25, -0.2) is 9.97 Å². The van der Waals surface area contributed by atoms with Gasteiger partial charge in [-0.3, -0.25) is 0 Å². The largest absolute Gasteiger partial charge is 0.341 e. The van der Waals surface area contributed by atoms with E-state index in [9.17, 15) is 0 Å². The topological polar surface area (TPSA) is 29.0 Å². The Morgan fingerprint density at radius 2 is 1.45 bits per heavy atom. The Labute approximate surface area is 119 Å². The molecule has 0 radical (unpaired) electrons. The highest BCUT2D eigenvalue weighted by Crippen LogP contribution is 2.14. The van der Waals surface area contributed by atoms with E-state index < -0.39 is 0 Å². The van der Waals surface area contributed by atoms with Crippen LogP contribution in [0.15, 0.2) is 42.7 Å². The van der Waals surface area contributed by atoms with Crippen molar-refractivity contribution < 1.29 is 0 Å². The zero-order chi connectivity index (χ0) is 13.6. The predicted octanol–water partition coefficient (Wildman–Crippen LogP) is 2.87. The van der Waals surface area contributed by atoms with Crippen LogP contribution in [0.2, 0.25) is 0 Å². The summed E-state index contributed by atoms with van der Waals surface area (Å²) >= 11 is 0. The molecule has 1 aliphatic heterocycles. The first-order valence-electron chi connectivity index (χ1n) is 7.06. The Bertz CT molecular complexity index is 602. The lowest BCUT2D eigenvalue weighted by Crippen LogP contribution is -2.30. The highest BCUT2D eigenvalue weighted by Gasteiger charge is 2.12. The summed E-state index contributed by atoms with van der Waals surface area (Å²) in [4.78, 5) is 11.1. The Hall–Kier alpha value is -2.34. The van der Waals surface area contributed by atoms with E-state index >= 15 is 0 Å². The van der Waals surface area contributed by atoms with Crippen LogP contribution in [-0.2, 0) is 0 Å². The summed E-state index contributed by atoms with van der Waals surface area (Å²) in [5, 5.41) is 0. The standard InChI is InChI=1S/C17H17N3/c1-3-7-15(8-4-1)9-10-16-13-18-17(19-14-16)20-11-5-2-6-12-20/h1,3-4,7-8,13-14H,2,5-6,11-12H2. The second-order valence-electron chi connectivity index (χ2n) is 4.94. The molecule has 3 heteroatoms. The lowest BCUT2D eigenvalue weighted by molar-refractivity contribution is 0.568. The van der Waals surface area contributed by atoms with Gasteiger partial charge in [-0.05, 0) is 31.4 Å². The molecule has 0 spiro atoms. The molecular weight excluding hydrogens is 246 g/mol. The maximum atomic E-state index is 4.43. The van der Waals surface area contributed by atoms with Crippen LogP contribution in [0.5, 0.6) is 0 Å². The van der Waals surface area contributed by atoms with Crippen LogP contribution < -0.4 is 4.90 Å². The lowest BCUT2D eigenvalue weighted by Gasteiger charge is -2.26. The minimum absolute atomic E-state index is 0.829. The fourth-order valence-electron chi connectivity index (χ4n) is 2.31. The molecule has 1 aliphatic rings. The van der Waals surface area contributed by atoms with Crippen LogP contribution in [0, 0.1) is 11.8 Å². The maximum absolute atomic E-state index is 4.43. The molecule has 0 N–H and O–H groups in total. The van der Waals surface area contributed by atoms with Crippen molar-refractivity contribution >= 4 is 5.95 Å². The van der Waals surface area contributed by atoms with Gasteiger partial charge in [0.1, 0.15) is 0 Å². The third-order valence-corrected chi connectivity index (χ3v) is 3.40. The Kier molecular flexibility index (Phi) is 3.93. The molecule has 1 fully saturated rings. The van der Waals surface area contributed by atoms with Crippen LogP contribution in [0.3, 0.4) is 0 Å². The third-order valence-electron chi connectivity index (χ3n) is 3.40. The fraction of sp³-hybridized carbons (Fsp3) is 0.294. The van der Waals surface area contributed by atoms with E-state index in [1.165, 1.54) is 19.3 Å². The Balaban J connectivity index is 1.72. The molecule has 0 unspecified atom stereocenters. The van der Waals surface area contributed by atoms with Crippen molar-refractivity contribution in [1.29, 1.82) is 0 Å².